The van der Waals surface area contributed by atoms with Gasteiger partial charge >= 0.3 is 0 Å². The van der Waals surface area contributed by atoms with Gasteiger partial charge in [-0.15, -0.1) is 0 Å². The van der Waals surface area contributed by atoms with Crippen molar-refractivity contribution in [3.05, 3.63) is 59.4 Å². The van der Waals surface area contributed by atoms with Crippen molar-refractivity contribution in [2.24, 2.45) is 0 Å². The Labute approximate surface area is 133 Å². The van der Waals surface area contributed by atoms with E-state index in [1.807, 2.05) is 0 Å². The number of hydrogen-bond donors (Lipinski definition) is 1. The first-order chi connectivity index (χ1) is 10.4. The van der Waals surface area contributed by atoms with Crippen molar-refractivity contribution in [2.75, 3.05) is 12.4 Å². The highest BCUT2D eigenvalue weighted by Gasteiger charge is 2.20. The summed E-state index contributed by atoms with van der Waals surface area (Å²) in [4.78, 5) is -0.0503. The van der Waals surface area contributed by atoms with E-state index in [4.69, 9.17) is 16.3 Å². The fourth-order valence-corrected chi connectivity index (χ4v) is 3.32. The zero-order valence-corrected chi connectivity index (χ0v) is 13.0. The molecule has 0 fully saturated rings. The van der Waals surface area contributed by atoms with Crippen molar-refractivity contribution in [1.82, 2.24) is 0 Å². The second-order valence-corrected chi connectivity index (χ2v) is 7.07. The number of benzene rings is 2. The number of sulfone groups is 1. The molecule has 4 nitrogen and oxygen atoms in total. The van der Waals surface area contributed by atoms with Gasteiger partial charge in [-0.1, -0.05) is 23.7 Å². The molecule has 7 heteroatoms. The fraction of sp³-hybridized carbons (Fsp3) is 0.200. The Morgan fingerprint density at radius 2 is 1.77 bits per heavy atom. The predicted molar refractivity (Wildman–Crippen MR) is 81.4 cm³/mol. The molecule has 1 unspecified atom stereocenters. The third kappa shape index (κ3) is 4.43. The van der Waals surface area contributed by atoms with E-state index in [9.17, 15) is 17.9 Å². The minimum atomic E-state index is -3.72. The van der Waals surface area contributed by atoms with Gasteiger partial charge in [0.15, 0.2) is 9.84 Å². The van der Waals surface area contributed by atoms with Crippen LogP contribution in [0.2, 0.25) is 5.02 Å². The summed E-state index contributed by atoms with van der Waals surface area (Å²) in [5, 5.41) is 10.2. The molecule has 1 atom stereocenters. The molecular weight excluding hydrogens is 331 g/mol. The highest BCUT2D eigenvalue weighted by Crippen LogP contribution is 2.23. The van der Waals surface area contributed by atoms with Crippen LogP contribution in [0.3, 0.4) is 0 Å². The third-order valence-corrected chi connectivity index (χ3v) is 4.98. The Bertz CT molecular complexity index is 731. The van der Waals surface area contributed by atoms with Gasteiger partial charge in [-0.3, -0.25) is 0 Å². The standard InChI is InChI=1S/C15H14ClFO4S/c16-14-3-1-2-4-15(14)21-9-12(18)10-22(19,20)13-7-5-11(17)6-8-13/h1-8,12,18H,9-10H2. The molecule has 0 radical (unpaired) electrons. The molecule has 0 aliphatic heterocycles. The number of aliphatic hydroxyl groups excluding tert-OH is 1. The van der Waals surface area contributed by atoms with Crippen molar-refractivity contribution in [2.45, 2.75) is 11.0 Å². The molecule has 1 N–H and O–H groups in total. The van der Waals surface area contributed by atoms with Gasteiger partial charge in [0.25, 0.3) is 0 Å². The number of hydrogen-bond acceptors (Lipinski definition) is 4. The molecule has 2 aromatic rings. The molecule has 2 aromatic carbocycles. The zero-order chi connectivity index (χ0) is 16.2. The van der Waals surface area contributed by atoms with Crippen LogP contribution in [-0.2, 0) is 9.84 Å². The third-order valence-electron chi connectivity index (χ3n) is 2.85. The molecule has 0 heterocycles. The molecule has 0 aliphatic rings. The monoisotopic (exact) mass is 344 g/mol. The summed E-state index contributed by atoms with van der Waals surface area (Å²) in [6, 6.07) is 11.1. The lowest BCUT2D eigenvalue weighted by Gasteiger charge is -2.13. The van der Waals surface area contributed by atoms with E-state index in [0.29, 0.717) is 10.8 Å². The van der Waals surface area contributed by atoms with Gasteiger partial charge in [-0.25, -0.2) is 12.8 Å². The summed E-state index contributed by atoms with van der Waals surface area (Å²) in [6.07, 6.45) is -1.23. The average Bonchev–Trinajstić information content (AvgIpc) is 2.46. The average molecular weight is 345 g/mol. The molecule has 0 bridgehead atoms. The molecule has 0 amide bonds. The summed E-state index contributed by atoms with van der Waals surface area (Å²) in [5.41, 5.74) is 0. The Morgan fingerprint density at radius 3 is 2.41 bits per heavy atom. The zero-order valence-electron chi connectivity index (χ0n) is 11.4. The number of para-hydroxylation sites is 1. The normalized spacial score (nSPS) is 12.9. The molecule has 22 heavy (non-hydrogen) atoms. The van der Waals surface area contributed by atoms with Crippen molar-refractivity contribution < 1.29 is 22.7 Å². The summed E-state index contributed by atoms with van der Waals surface area (Å²) < 4.78 is 42.2. The van der Waals surface area contributed by atoms with E-state index in [2.05, 4.69) is 0 Å². The lowest BCUT2D eigenvalue weighted by molar-refractivity contribution is 0.125. The smallest absolute Gasteiger partial charge is 0.181 e. The summed E-state index contributed by atoms with van der Waals surface area (Å²) in [7, 11) is -3.72. The Kier molecular flexibility index (Phi) is 5.39. The largest absolute Gasteiger partial charge is 0.489 e. The van der Waals surface area contributed by atoms with Crippen molar-refractivity contribution >= 4 is 21.4 Å². The van der Waals surface area contributed by atoms with E-state index in [1.54, 1.807) is 24.3 Å². The number of aliphatic hydroxyl groups is 1. The van der Waals surface area contributed by atoms with Crippen LogP contribution in [0.15, 0.2) is 53.4 Å². The van der Waals surface area contributed by atoms with Crippen molar-refractivity contribution in [3.8, 4) is 5.75 Å². The van der Waals surface area contributed by atoms with E-state index in [-0.39, 0.29) is 11.5 Å². The van der Waals surface area contributed by atoms with Crippen LogP contribution in [0.4, 0.5) is 4.39 Å². The lowest BCUT2D eigenvalue weighted by atomic mass is 10.3. The first kappa shape index (κ1) is 16.7. The Hall–Kier alpha value is -1.63. The van der Waals surface area contributed by atoms with Gasteiger partial charge in [0.05, 0.1) is 15.7 Å². The van der Waals surface area contributed by atoms with Crippen LogP contribution in [-0.4, -0.2) is 32.0 Å². The van der Waals surface area contributed by atoms with E-state index in [1.165, 1.54) is 0 Å². The van der Waals surface area contributed by atoms with Crippen LogP contribution in [0.1, 0.15) is 0 Å². The summed E-state index contributed by atoms with van der Waals surface area (Å²) in [5.74, 6) is -0.688. The summed E-state index contributed by atoms with van der Waals surface area (Å²) in [6.45, 7) is -0.218. The number of ether oxygens (including phenoxy) is 1. The minimum absolute atomic E-state index is 0.0503. The second kappa shape index (κ2) is 7.09. The summed E-state index contributed by atoms with van der Waals surface area (Å²) >= 11 is 5.89. The van der Waals surface area contributed by atoms with Crippen LogP contribution in [0.25, 0.3) is 0 Å². The second-order valence-electron chi connectivity index (χ2n) is 4.63. The maximum absolute atomic E-state index is 12.8. The highest BCUT2D eigenvalue weighted by molar-refractivity contribution is 7.91. The van der Waals surface area contributed by atoms with Gasteiger partial charge in [0, 0.05) is 0 Å². The maximum Gasteiger partial charge on any atom is 0.181 e. The van der Waals surface area contributed by atoms with Gasteiger partial charge in [-0.2, -0.15) is 0 Å². The molecule has 0 aliphatic carbocycles. The lowest BCUT2D eigenvalue weighted by Crippen LogP contribution is -2.27. The minimum Gasteiger partial charge on any atom is -0.489 e. The van der Waals surface area contributed by atoms with Crippen LogP contribution in [0.5, 0.6) is 5.75 Å². The van der Waals surface area contributed by atoms with E-state index < -0.39 is 27.5 Å². The van der Waals surface area contributed by atoms with E-state index in [0.717, 1.165) is 24.3 Å². The number of rotatable bonds is 6. The predicted octanol–water partition coefficient (Wildman–Crippen LogP) is 2.69. The quantitative estimate of drug-likeness (QED) is 0.818. The van der Waals surface area contributed by atoms with Crippen molar-refractivity contribution in [1.29, 1.82) is 0 Å². The number of halogens is 2. The molecule has 2 rings (SSSR count). The van der Waals surface area contributed by atoms with Gasteiger partial charge < -0.3 is 9.84 Å². The SMILES string of the molecule is O=S(=O)(CC(O)COc1ccccc1Cl)c1ccc(F)cc1. The Balaban J connectivity index is 1.98. The highest BCUT2D eigenvalue weighted by atomic mass is 35.5. The van der Waals surface area contributed by atoms with Gasteiger partial charge in [0.1, 0.15) is 24.3 Å². The van der Waals surface area contributed by atoms with Crippen LogP contribution >= 0.6 is 11.6 Å². The first-order valence-electron chi connectivity index (χ1n) is 6.42. The topological polar surface area (TPSA) is 63.6 Å². The molecule has 0 saturated carbocycles. The van der Waals surface area contributed by atoms with Crippen LogP contribution < -0.4 is 4.74 Å². The molecule has 0 spiro atoms. The molecular formula is C15H14ClFO4S. The van der Waals surface area contributed by atoms with Crippen molar-refractivity contribution in [3.63, 3.8) is 0 Å². The van der Waals surface area contributed by atoms with Gasteiger partial charge in [-0.05, 0) is 36.4 Å². The first-order valence-corrected chi connectivity index (χ1v) is 8.45. The molecule has 0 aromatic heterocycles. The fourth-order valence-electron chi connectivity index (χ4n) is 1.79. The molecule has 118 valence electrons. The maximum atomic E-state index is 12.8. The van der Waals surface area contributed by atoms with Crippen LogP contribution in [0, 0.1) is 5.82 Å². The van der Waals surface area contributed by atoms with E-state index >= 15 is 0 Å². The van der Waals surface area contributed by atoms with Gasteiger partial charge in [0.2, 0.25) is 0 Å². The Morgan fingerprint density at radius 1 is 1.14 bits per heavy atom. The molecule has 0 saturated heterocycles.